The molecule has 0 saturated carbocycles. The van der Waals surface area contributed by atoms with Crippen LogP contribution in [0.2, 0.25) is 0 Å². The summed E-state index contributed by atoms with van der Waals surface area (Å²) >= 11 is 0. The summed E-state index contributed by atoms with van der Waals surface area (Å²) in [6, 6.07) is 10.2. The fourth-order valence-electron chi connectivity index (χ4n) is 1.45. The van der Waals surface area contributed by atoms with Crippen LogP contribution in [0.1, 0.15) is 26.3 Å². The zero-order valence-electron chi connectivity index (χ0n) is 10.3. The van der Waals surface area contributed by atoms with Gasteiger partial charge in [-0.2, -0.15) is 0 Å². The second-order valence-electron chi connectivity index (χ2n) is 4.82. The molecule has 0 fully saturated rings. The second-order valence-corrected chi connectivity index (χ2v) is 4.82. The van der Waals surface area contributed by atoms with E-state index >= 15 is 0 Å². The Labute approximate surface area is 98.0 Å². The summed E-state index contributed by atoms with van der Waals surface area (Å²) in [6.45, 7) is 7.10. The lowest BCUT2D eigenvalue weighted by molar-refractivity contribution is 0.0808. The van der Waals surface area contributed by atoms with Gasteiger partial charge in [0.05, 0.1) is 5.60 Å². The van der Waals surface area contributed by atoms with Crippen LogP contribution < -0.4 is 5.32 Å². The minimum Gasteiger partial charge on any atom is -0.389 e. The lowest BCUT2D eigenvalue weighted by Crippen LogP contribution is -2.35. The molecule has 0 saturated heterocycles. The molecule has 0 amide bonds. The molecule has 0 aliphatic carbocycles. The lowest BCUT2D eigenvalue weighted by Gasteiger charge is -2.17. The van der Waals surface area contributed by atoms with Gasteiger partial charge in [-0.25, -0.2) is 0 Å². The van der Waals surface area contributed by atoms with Crippen LogP contribution >= 0.6 is 0 Å². The van der Waals surface area contributed by atoms with E-state index in [1.165, 1.54) is 11.1 Å². The molecule has 0 unspecified atom stereocenters. The molecule has 2 heteroatoms. The highest BCUT2D eigenvalue weighted by Crippen LogP contribution is 2.05. The average Bonchev–Trinajstić information content (AvgIpc) is 2.17. The van der Waals surface area contributed by atoms with Gasteiger partial charge in [0, 0.05) is 13.1 Å². The van der Waals surface area contributed by atoms with E-state index in [2.05, 4.69) is 30.4 Å². The van der Waals surface area contributed by atoms with Gasteiger partial charge in [-0.3, -0.25) is 0 Å². The minimum atomic E-state index is -0.646. The van der Waals surface area contributed by atoms with Crippen molar-refractivity contribution in [2.45, 2.75) is 26.4 Å². The standard InChI is InChI=1S/C14H21NO/c1-12(10-15-11-14(2,3)16)9-13-7-5-4-6-8-13/h4-9,15-16H,10-11H2,1-3H3/b12-9-. The summed E-state index contributed by atoms with van der Waals surface area (Å²) in [5.74, 6) is 0. The number of rotatable bonds is 5. The maximum Gasteiger partial charge on any atom is 0.0715 e. The predicted octanol–water partition coefficient (Wildman–Crippen LogP) is 2.45. The van der Waals surface area contributed by atoms with E-state index in [-0.39, 0.29) is 0 Å². The first-order valence-corrected chi connectivity index (χ1v) is 5.63. The van der Waals surface area contributed by atoms with E-state index in [0.717, 1.165) is 6.54 Å². The Morgan fingerprint density at radius 3 is 2.50 bits per heavy atom. The van der Waals surface area contributed by atoms with Gasteiger partial charge in [0.2, 0.25) is 0 Å². The quantitative estimate of drug-likeness (QED) is 0.797. The molecule has 2 nitrogen and oxygen atoms in total. The molecule has 0 bridgehead atoms. The molecule has 0 aliphatic rings. The van der Waals surface area contributed by atoms with Crippen molar-refractivity contribution in [3.05, 3.63) is 41.5 Å². The van der Waals surface area contributed by atoms with Crippen LogP contribution in [0, 0.1) is 0 Å². The van der Waals surface area contributed by atoms with Crippen LogP contribution in [0.3, 0.4) is 0 Å². The van der Waals surface area contributed by atoms with Gasteiger partial charge in [-0.05, 0) is 26.3 Å². The van der Waals surface area contributed by atoms with E-state index in [1.807, 2.05) is 18.2 Å². The zero-order chi connectivity index (χ0) is 12.0. The Morgan fingerprint density at radius 2 is 1.94 bits per heavy atom. The van der Waals surface area contributed by atoms with E-state index in [4.69, 9.17) is 0 Å². The summed E-state index contributed by atoms with van der Waals surface area (Å²) in [5, 5.41) is 12.8. The first kappa shape index (κ1) is 12.9. The molecule has 0 spiro atoms. The maximum absolute atomic E-state index is 9.54. The monoisotopic (exact) mass is 219 g/mol. The van der Waals surface area contributed by atoms with Gasteiger partial charge in [-0.15, -0.1) is 0 Å². The smallest absolute Gasteiger partial charge is 0.0715 e. The first-order chi connectivity index (χ1) is 7.47. The number of nitrogens with one attached hydrogen (secondary N) is 1. The Kier molecular flexibility index (Phi) is 4.71. The van der Waals surface area contributed by atoms with E-state index in [9.17, 15) is 5.11 Å². The van der Waals surface area contributed by atoms with Crippen molar-refractivity contribution >= 4 is 6.08 Å². The van der Waals surface area contributed by atoms with Gasteiger partial charge in [0.1, 0.15) is 0 Å². The third kappa shape index (κ3) is 5.69. The van der Waals surface area contributed by atoms with Gasteiger partial charge in [-0.1, -0.05) is 42.0 Å². The summed E-state index contributed by atoms with van der Waals surface area (Å²) in [5.41, 5.74) is 1.83. The molecule has 0 radical (unpaired) electrons. The van der Waals surface area contributed by atoms with E-state index in [0.29, 0.717) is 6.54 Å². The van der Waals surface area contributed by atoms with Crippen molar-refractivity contribution in [1.29, 1.82) is 0 Å². The lowest BCUT2D eigenvalue weighted by atomic mass is 10.1. The Bertz CT molecular complexity index is 336. The minimum absolute atomic E-state index is 0.604. The van der Waals surface area contributed by atoms with Crippen LogP contribution in [-0.2, 0) is 0 Å². The van der Waals surface area contributed by atoms with E-state index in [1.54, 1.807) is 13.8 Å². The number of hydrogen-bond acceptors (Lipinski definition) is 2. The fraction of sp³-hybridized carbons (Fsp3) is 0.429. The maximum atomic E-state index is 9.54. The largest absolute Gasteiger partial charge is 0.389 e. The molecule has 0 heterocycles. The molecule has 1 rings (SSSR count). The normalized spacial score (nSPS) is 12.9. The molecule has 0 aromatic heterocycles. The van der Waals surface area contributed by atoms with Crippen molar-refractivity contribution in [2.24, 2.45) is 0 Å². The zero-order valence-corrected chi connectivity index (χ0v) is 10.3. The first-order valence-electron chi connectivity index (χ1n) is 5.63. The van der Waals surface area contributed by atoms with E-state index < -0.39 is 5.60 Å². The molecule has 1 aromatic carbocycles. The van der Waals surface area contributed by atoms with Crippen LogP contribution in [0.15, 0.2) is 35.9 Å². The average molecular weight is 219 g/mol. The fourth-order valence-corrected chi connectivity index (χ4v) is 1.45. The highest BCUT2D eigenvalue weighted by molar-refractivity contribution is 5.52. The third-order valence-corrected chi connectivity index (χ3v) is 2.17. The number of aliphatic hydroxyl groups is 1. The van der Waals surface area contributed by atoms with Crippen LogP contribution in [0.4, 0.5) is 0 Å². The number of hydrogen-bond donors (Lipinski definition) is 2. The van der Waals surface area contributed by atoms with Crippen LogP contribution in [0.25, 0.3) is 6.08 Å². The predicted molar refractivity (Wildman–Crippen MR) is 69.3 cm³/mol. The highest BCUT2D eigenvalue weighted by atomic mass is 16.3. The van der Waals surface area contributed by atoms with Gasteiger partial charge in [0.15, 0.2) is 0 Å². The molecule has 0 atom stereocenters. The SMILES string of the molecule is C/C(=C/c1ccccc1)CNCC(C)(C)O. The van der Waals surface area contributed by atoms with Crippen molar-refractivity contribution < 1.29 is 5.11 Å². The summed E-state index contributed by atoms with van der Waals surface area (Å²) in [4.78, 5) is 0. The number of benzene rings is 1. The third-order valence-electron chi connectivity index (χ3n) is 2.17. The Hall–Kier alpha value is -1.12. The molecule has 16 heavy (non-hydrogen) atoms. The second kappa shape index (κ2) is 5.83. The van der Waals surface area contributed by atoms with Crippen LogP contribution in [-0.4, -0.2) is 23.8 Å². The van der Waals surface area contributed by atoms with Crippen molar-refractivity contribution in [3.63, 3.8) is 0 Å². The molecular formula is C14H21NO. The van der Waals surface area contributed by atoms with Crippen LogP contribution in [0.5, 0.6) is 0 Å². The Morgan fingerprint density at radius 1 is 1.31 bits per heavy atom. The topological polar surface area (TPSA) is 32.3 Å². The van der Waals surface area contributed by atoms with Gasteiger partial charge < -0.3 is 10.4 Å². The van der Waals surface area contributed by atoms with Crippen molar-refractivity contribution in [2.75, 3.05) is 13.1 Å². The molecule has 88 valence electrons. The molecular weight excluding hydrogens is 198 g/mol. The summed E-state index contributed by atoms with van der Waals surface area (Å²) in [6.07, 6.45) is 2.15. The molecule has 0 aliphatic heterocycles. The summed E-state index contributed by atoms with van der Waals surface area (Å²) < 4.78 is 0. The summed E-state index contributed by atoms with van der Waals surface area (Å²) in [7, 11) is 0. The van der Waals surface area contributed by atoms with Crippen molar-refractivity contribution in [1.82, 2.24) is 5.32 Å². The van der Waals surface area contributed by atoms with Gasteiger partial charge >= 0.3 is 0 Å². The van der Waals surface area contributed by atoms with Gasteiger partial charge in [0.25, 0.3) is 0 Å². The highest BCUT2D eigenvalue weighted by Gasteiger charge is 2.10. The van der Waals surface area contributed by atoms with Crippen molar-refractivity contribution in [3.8, 4) is 0 Å². The molecule has 2 N–H and O–H groups in total. The molecule has 1 aromatic rings. The Balaban J connectivity index is 2.41.